The zero-order chi connectivity index (χ0) is 20.1. The Balaban J connectivity index is 1.82. The Hall–Kier alpha value is -2.58. The number of nitrogens with one attached hydrogen (secondary N) is 1. The minimum atomic E-state index is -0.444. The molecule has 1 aromatic carbocycles. The summed E-state index contributed by atoms with van der Waals surface area (Å²) < 4.78 is 7.02. The third kappa shape index (κ3) is 4.63. The second kappa shape index (κ2) is 9.07. The fourth-order valence-corrected chi connectivity index (χ4v) is 4.37. The van der Waals surface area contributed by atoms with Crippen LogP contribution in [0.3, 0.4) is 0 Å². The molecule has 0 spiro atoms. The summed E-state index contributed by atoms with van der Waals surface area (Å²) in [6, 6.07) is 11.5. The van der Waals surface area contributed by atoms with Gasteiger partial charge in [0.25, 0.3) is 0 Å². The van der Waals surface area contributed by atoms with Gasteiger partial charge in [-0.05, 0) is 25.5 Å². The predicted molar refractivity (Wildman–Crippen MR) is 113 cm³/mol. The molecule has 0 bridgehead atoms. The number of ether oxygens (including phenoxy) is 1. The number of hydrogen-bond acceptors (Lipinski definition) is 6. The van der Waals surface area contributed by atoms with Gasteiger partial charge >= 0.3 is 5.97 Å². The molecule has 0 saturated heterocycles. The SMILES string of the molecule is CCOC(=O)c1cc(-c2ccccc2)sc1NC(=O)C(C)Sc1nccn1C. The van der Waals surface area contributed by atoms with Crippen LogP contribution in [0.1, 0.15) is 24.2 Å². The first kappa shape index (κ1) is 20.2. The maximum Gasteiger partial charge on any atom is 0.341 e. The molecule has 0 radical (unpaired) electrons. The van der Waals surface area contributed by atoms with E-state index in [4.69, 9.17) is 4.74 Å². The van der Waals surface area contributed by atoms with Gasteiger partial charge in [0.2, 0.25) is 5.91 Å². The standard InChI is InChI=1S/C20H21N3O3S2/c1-4-26-19(25)15-12-16(14-8-6-5-7-9-14)28-18(15)22-17(24)13(2)27-20-21-10-11-23(20)3/h5-13H,4H2,1-3H3,(H,22,24). The van der Waals surface area contributed by atoms with E-state index in [0.717, 1.165) is 15.6 Å². The molecule has 1 atom stereocenters. The number of imidazole rings is 1. The first-order chi connectivity index (χ1) is 13.5. The minimum absolute atomic E-state index is 0.194. The molecule has 146 valence electrons. The molecular formula is C20H21N3O3S2. The van der Waals surface area contributed by atoms with Crippen molar-refractivity contribution >= 4 is 40.0 Å². The predicted octanol–water partition coefficient (Wildman–Crippen LogP) is 4.44. The number of hydrogen-bond donors (Lipinski definition) is 1. The average Bonchev–Trinajstić information content (AvgIpc) is 3.29. The van der Waals surface area contributed by atoms with Crippen LogP contribution in [0.25, 0.3) is 10.4 Å². The molecule has 2 aromatic heterocycles. The molecule has 28 heavy (non-hydrogen) atoms. The summed E-state index contributed by atoms with van der Waals surface area (Å²) in [4.78, 5) is 30.2. The van der Waals surface area contributed by atoms with E-state index in [1.54, 1.807) is 19.2 Å². The highest BCUT2D eigenvalue weighted by Crippen LogP contribution is 2.36. The van der Waals surface area contributed by atoms with Crippen molar-refractivity contribution in [3.8, 4) is 10.4 Å². The molecule has 0 aliphatic heterocycles. The van der Waals surface area contributed by atoms with Crippen molar-refractivity contribution in [1.82, 2.24) is 9.55 Å². The van der Waals surface area contributed by atoms with Crippen LogP contribution in [-0.4, -0.2) is 33.3 Å². The Morgan fingerprint density at radius 2 is 2.07 bits per heavy atom. The number of aromatic nitrogens is 2. The topological polar surface area (TPSA) is 73.2 Å². The van der Waals surface area contributed by atoms with Crippen LogP contribution < -0.4 is 5.32 Å². The normalized spacial score (nSPS) is 11.8. The van der Waals surface area contributed by atoms with E-state index in [1.165, 1.54) is 23.1 Å². The third-order valence-electron chi connectivity index (χ3n) is 3.95. The lowest BCUT2D eigenvalue weighted by Gasteiger charge is -2.11. The maximum absolute atomic E-state index is 12.7. The lowest BCUT2D eigenvalue weighted by atomic mass is 10.1. The van der Waals surface area contributed by atoms with Gasteiger partial charge in [-0.1, -0.05) is 42.1 Å². The molecule has 3 rings (SSSR count). The van der Waals surface area contributed by atoms with Gasteiger partial charge < -0.3 is 14.6 Å². The first-order valence-corrected chi connectivity index (χ1v) is 10.5. The minimum Gasteiger partial charge on any atom is -0.462 e. The summed E-state index contributed by atoms with van der Waals surface area (Å²) in [7, 11) is 1.88. The van der Waals surface area contributed by atoms with Crippen molar-refractivity contribution in [1.29, 1.82) is 0 Å². The van der Waals surface area contributed by atoms with Gasteiger partial charge in [0.15, 0.2) is 5.16 Å². The summed E-state index contributed by atoms with van der Waals surface area (Å²) in [5.41, 5.74) is 1.35. The molecule has 0 saturated carbocycles. The maximum atomic E-state index is 12.7. The van der Waals surface area contributed by atoms with Crippen molar-refractivity contribution in [2.45, 2.75) is 24.3 Å². The molecule has 0 fully saturated rings. The first-order valence-electron chi connectivity index (χ1n) is 8.80. The van der Waals surface area contributed by atoms with Crippen LogP contribution in [0.15, 0.2) is 53.9 Å². The van der Waals surface area contributed by atoms with Gasteiger partial charge in [-0.25, -0.2) is 9.78 Å². The monoisotopic (exact) mass is 415 g/mol. The van der Waals surface area contributed by atoms with Gasteiger partial charge in [0.1, 0.15) is 5.00 Å². The van der Waals surface area contributed by atoms with E-state index in [9.17, 15) is 9.59 Å². The number of benzene rings is 1. The quantitative estimate of drug-likeness (QED) is 0.456. The van der Waals surface area contributed by atoms with Crippen molar-refractivity contribution in [2.24, 2.45) is 7.05 Å². The Morgan fingerprint density at radius 1 is 1.32 bits per heavy atom. The van der Waals surface area contributed by atoms with Crippen LogP contribution >= 0.6 is 23.1 Å². The molecular weight excluding hydrogens is 394 g/mol. The number of thioether (sulfide) groups is 1. The average molecular weight is 416 g/mol. The van der Waals surface area contributed by atoms with Crippen LogP contribution in [0.4, 0.5) is 5.00 Å². The van der Waals surface area contributed by atoms with E-state index in [2.05, 4.69) is 10.3 Å². The van der Waals surface area contributed by atoms with Gasteiger partial charge in [-0.15, -0.1) is 11.3 Å². The van der Waals surface area contributed by atoms with E-state index in [0.29, 0.717) is 10.6 Å². The second-order valence-corrected chi connectivity index (χ2v) is 8.37. The van der Waals surface area contributed by atoms with E-state index < -0.39 is 5.97 Å². The number of anilines is 1. The highest BCUT2D eigenvalue weighted by Gasteiger charge is 2.23. The summed E-state index contributed by atoms with van der Waals surface area (Å²) in [6.07, 6.45) is 3.52. The summed E-state index contributed by atoms with van der Waals surface area (Å²) in [5.74, 6) is -0.638. The van der Waals surface area contributed by atoms with Crippen molar-refractivity contribution in [2.75, 3.05) is 11.9 Å². The van der Waals surface area contributed by atoms with Gasteiger partial charge in [-0.3, -0.25) is 4.79 Å². The molecule has 0 aliphatic carbocycles. The molecule has 1 N–H and O–H groups in total. The van der Waals surface area contributed by atoms with E-state index in [1.807, 2.05) is 55.1 Å². The van der Waals surface area contributed by atoms with Crippen LogP contribution in [0.5, 0.6) is 0 Å². The second-order valence-electron chi connectivity index (χ2n) is 6.01. The fraction of sp³-hybridized carbons (Fsp3) is 0.250. The third-order valence-corrected chi connectivity index (χ3v) is 6.22. The molecule has 1 amide bonds. The molecule has 1 unspecified atom stereocenters. The highest BCUT2D eigenvalue weighted by molar-refractivity contribution is 8.00. The van der Waals surface area contributed by atoms with Crippen molar-refractivity contribution in [3.05, 3.63) is 54.4 Å². The number of amides is 1. The molecule has 8 heteroatoms. The number of carbonyl (C=O) groups is 2. The van der Waals surface area contributed by atoms with Gasteiger partial charge in [0, 0.05) is 24.3 Å². The summed E-state index contributed by atoms with van der Waals surface area (Å²) in [6.45, 7) is 3.84. The Kier molecular flexibility index (Phi) is 6.53. The summed E-state index contributed by atoms with van der Waals surface area (Å²) >= 11 is 2.72. The highest BCUT2D eigenvalue weighted by atomic mass is 32.2. The Labute approximate surface area is 171 Å². The Bertz CT molecular complexity index is 966. The van der Waals surface area contributed by atoms with Crippen LogP contribution in [0, 0.1) is 0 Å². The largest absolute Gasteiger partial charge is 0.462 e. The fourth-order valence-electron chi connectivity index (χ4n) is 2.48. The van der Waals surface area contributed by atoms with Crippen LogP contribution in [0.2, 0.25) is 0 Å². The van der Waals surface area contributed by atoms with Gasteiger partial charge in [0.05, 0.1) is 17.4 Å². The number of nitrogens with zero attached hydrogens (tertiary/aromatic N) is 2. The number of esters is 1. The van der Waals surface area contributed by atoms with E-state index in [-0.39, 0.29) is 17.8 Å². The van der Waals surface area contributed by atoms with Crippen molar-refractivity contribution < 1.29 is 14.3 Å². The number of carbonyl (C=O) groups excluding carboxylic acids is 2. The van der Waals surface area contributed by atoms with E-state index >= 15 is 0 Å². The number of rotatable bonds is 7. The zero-order valence-electron chi connectivity index (χ0n) is 15.8. The van der Waals surface area contributed by atoms with Crippen LogP contribution in [-0.2, 0) is 16.6 Å². The molecule has 6 nitrogen and oxygen atoms in total. The molecule has 2 heterocycles. The lowest BCUT2D eigenvalue weighted by Crippen LogP contribution is -2.23. The molecule has 0 aliphatic rings. The van der Waals surface area contributed by atoms with Crippen molar-refractivity contribution in [3.63, 3.8) is 0 Å². The Morgan fingerprint density at radius 3 is 2.71 bits per heavy atom. The smallest absolute Gasteiger partial charge is 0.341 e. The lowest BCUT2D eigenvalue weighted by molar-refractivity contribution is -0.115. The summed E-state index contributed by atoms with van der Waals surface area (Å²) in [5, 5.41) is 3.77. The molecule has 3 aromatic rings. The zero-order valence-corrected chi connectivity index (χ0v) is 17.5. The van der Waals surface area contributed by atoms with Gasteiger partial charge in [-0.2, -0.15) is 0 Å². The number of aryl methyl sites for hydroxylation is 1. The number of thiophene rings is 1.